The number of aromatic nitrogens is 2. The second-order valence-electron chi connectivity index (χ2n) is 7.92. The number of carbonyl (C=O) groups excluding carboxylic acids is 1. The molecule has 0 spiro atoms. The second-order valence-corrected chi connectivity index (χ2v) is 7.92. The molecule has 4 heterocycles. The van der Waals surface area contributed by atoms with Gasteiger partial charge in [-0.1, -0.05) is 12.1 Å². The molecule has 2 bridgehead atoms. The van der Waals surface area contributed by atoms with Crippen molar-refractivity contribution < 1.29 is 9.18 Å². The Kier molecular flexibility index (Phi) is 5.53. The summed E-state index contributed by atoms with van der Waals surface area (Å²) >= 11 is 0. The van der Waals surface area contributed by atoms with Gasteiger partial charge in [-0.25, -0.2) is 4.39 Å². The molecule has 0 unspecified atom stereocenters. The van der Waals surface area contributed by atoms with Crippen LogP contribution in [0.2, 0.25) is 0 Å². The first-order chi connectivity index (χ1) is 13.2. The number of amides is 1. The zero-order valence-corrected chi connectivity index (χ0v) is 15.6. The zero-order valence-electron chi connectivity index (χ0n) is 15.6. The van der Waals surface area contributed by atoms with Gasteiger partial charge in [-0.3, -0.25) is 14.8 Å². The third kappa shape index (κ3) is 4.56. The molecule has 144 valence electrons. The molecule has 3 saturated heterocycles. The number of hydrogen-bond acceptors (Lipinski definition) is 3. The fraction of sp³-hybridized carbons (Fsp3) is 0.524. The molecular weight excluding hydrogens is 343 g/mol. The third-order valence-corrected chi connectivity index (χ3v) is 5.84. The Bertz CT molecular complexity index is 746. The first-order valence-electron chi connectivity index (χ1n) is 9.91. The first kappa shape index (κ1) is 18.2. The van der Waals surface area contributed by atoms with Gasteiger partial charge >= 0.3 is 0 Å². The Morgan fingerprint density at radius 3 is 2.78 bits per heavy atom. The molecule has 5 nitrogen and oxygen atoms in total. The third-order valence-electron chi connectivity index (χ3n) is 5.84. The molecule has 0 radical (unpaired) electrons. The topological polar surface area (TPSA) is 52.2 Å². The average Bonchev–Trinajstić information content (AvgIpc) is 3.03. The highest BCUT2D eigenvalue weighted by Crippen LogP contribution is 2.29. The van der Waals surface area contributed by atoms with Crippen LogP contribution >= 0.6 is 0 Å². The molecule has 3 aliphatic rings. The number of aryl methyl sites for hydroxylation is 1. The largest absolute Gasteiger partial charge is 0.338 e. The molecule has 0 saturated carbocycles. The fourth-order valence-electron chi connectivity index (χ4n) is 4.46. The Hall–Kier alpha value is -2.21. The highest BCUT2D eigenvalue weighted by atomic mass is 19.1. The van der Waals surface area contributed by atoms with Gasteiger partial charge in [0.15, 0.2) is 0 Å². The van der Waals surface area contributed by atoms with E-state index in [2.05, 4.69) is 20.0 Å². The fourth-order valence-corrected chi connectivity index (χ4v) is 4.46. The molecule has 3 fully saturated rings. The maximum Gasteiger partial charge on any atom is 0.222 e. The second kappa shape index (κ2) is 8.21. The van der Waals surface area contributed by atoms with E-state index in [9.17, 15) is 9.18 Å². The number of fused-ring (bicyclic) bond motifs is 4. The van der Waals surface area contributed by atoms with Crippen molar-refractivity contribution in [2.45, 2.75) is 44.7 Å². The lowest BCUT2D eigenvalue weighted by atomic mass is 9.94. The number of rotatable bonds is 6. The number of piperidine rings is 1. The highest BCUT2D eigenvalue weighted by Gasteiger charge is 2.36. The van der Waals surface area contributed by atoms with E-state index in [4.69, 9.17) is 0 Å². The van der Waals surface area contributed by atoms with Gasteiger partial charge in [0.25, 0.3) is 0 Å². The Morgan fingerprint density at radius 2 is 2.00 bits per heavy atom. The number of carbonyl (C=O) groups is 1. The molecule has 6 heteroatoms. The zero-order chi connectivity index (χ0) is 18.6. The molecule has 5 rings (SSSR count). The summed E-state index contributed by atoms with van der Waals surface area (Å²) in [5, 5.41) is 6.77. The SMILES string of the molecule is O=C(CCCc1cn[nH]c1)N1C[C@H]2CC[C@@H]1CN(Cc1ccc(F)cc1)C2. The summed E-state index contributed by atoms with van der Waals surface area (Å²) in [6.07, 6.45) is 8.37. The Labute approximate surface area is 159 Å². The molecule has 2 aromatic rings. The van der Waals surface area contributed by atoms with E-state index < -0.39 is 0 Å². The molecule has 1 aromatic carbocycles. The average molecular weight is 370 g/mol. The van der Waals surface area contributed by atoms with Crippen molar-refractivity contribution in [1.29, 1.82) is 0 Å². The number of halogens is 1. The van der Waals surface area contributed by atoms with Gasteiger partial charge in [0.05, 0.1) is 6.20 Å². The predicted octanol–water partition coefficient (Wildman–Crippen LogP) is 2.99. The van der Waals surface area contributed by atoms with Crippen molar-refractivity contribution in [1.82, 2.24) is 20.0 Å². The van der Waals surface area contributed by atoms with Gasteiger partial charge in [0.1, 0.15) is 5.82 Å². The molecule has 0 aliphatic carbocycles. The molecule has 3 aliphatic heterocycles. The van der Waals surface area contributed by atoms with E-state index in [0.29, 0.717) is 18.4 Å². The lowest BCUT2D eigenvalue weighted by Gasteiger charge is -2.36. The van der Waals surface area contributed by atoms with E-state index in [1.165, 1.54) is 18.6 Å². The molecule has 1 aromatic heterocycles. The molecule has 1 amide bonds. The van der Waals surface area contributed by atoms with Crippen LogP contribution in [-0.2, 0) is 17.8 Å². The molecule has 2 atom stereocenters. The van der Waals surface area contributed by atoms with Crippen LogP contribution in [0.4, 0.5) is 4.39 Å². The van der Waals surface area contributed by atoms with Gasteiger partial charge in [0, 0.05) is 44.8 Å². The molecule has 27 heavy (non-hydrogen) atoms. The maximum atomic E-state index is 13.1. The highest BCUT2D eigenvalue weighted by molar-refractivity contribution is 5.76. The summed E-state index contributed by atoms with van der Waals surface area (Å²) in [7, 11) is 0. The van der Waals surface area contributed by atoms with Gasteiger partial charge in [0.2, 0.25) is 5.91 Å². The van der Waals surface area contributed by atoms with E-state index in [1.807, 2.05) is 24.5 Å². The van der Waals surface area contributed by atoms with Crippen LogP contribution < -0.4 is 0 Å². The number of nitrogens with zero attached hydrogens (tertiary/aromatic N) is 3. The van der Waals surface area contributed by atoms with Crippen molar-refractivity contribution in [3.05, 3.63) is 53.6 Å². The number of aromatic amines is 1. The van der Waals surface area contributed by atoms with Gasteiger partial charge in [-0.15, -0.1) is 0 Å². The van der Waals surface area contributed by atoms with Crippen LogP contribution in [0, 0.1) is 11.7 Å². The minimum Gasteiger partial charge on any atom is -0.338 e. The first-order valence-corrected chi connectivity index (χ1v) is 9.91. The lowest BCUT2D eigenvalue weighted by molar-refractivity contribution is -0.135. The summed E-state index contributed by atoms with van der Waals surface area (Å²) in [5.41, 5.74) is 2.29. The Balaban J connectivity index is 1.33. The van der Waals surface area contributed by atoms with Gasteiger partial charge < -0.3 is 4.90 Å². The minimum atomic E-state index is -0.193. The smallest absolute Gasteiger partial charge is 0.222 e. The normalized spacial score (nSPS) is 22.8. The summed E-state index contributed by atoms with van der Waals surface area (Å²) in [6, 6.07) is 7.09. The van der Waals surface area contributed by atoms with E-state index >= 15 is 0 Å². The van der Waals surface area contributed by atoms with Crippen molar-refractivity contribution in [3.8, 4) is 0 Å². The van der Waals surface area contributed by atoms with Crippen molar-refractivity contribution >= 4 is 5.91 Å². The number of H-pyrrole nitrogens is 1. The Morgan fingerprint density at radius 1 is 1.15 bits per heavy atom. The van der Waals surface area contributed by atoms with Gasteiger partial charge in [-0.05, 0) is 54.9 Å². The molecular formula is C21H27FN4O. The van der Waals surface area contributed by atoms with Crippen LogP contribution in [0.5, 0.6) is 0 Å². The summed E-state index contributed by atoms with van der Waals surface area (Å²) in [6.45, 7) is 3.65. The number of benzene rings is 1. The summed E-state index contributed by atoms with van der Waals surface area (Å²) in [5.74, 6) is 0.640. The number of hydrogen-bond donors (Lipinski definition) is 1. The molecule has 1 N–H and O–H groups in total. The van der Waals surface area contributed by atoms with Crippen molar-refractivity contribution in [2.24, 2.45) is 5.92 Å². The van der Waals surface area contributed by atoms with E-state index in [1.54, 1.807) is 0 Å². The van der Waals surface area contributed by atoms with E-state index in [-0.39, 0.29) is 11.7 Å². The lowest BCUT2D eigenvalue weighted by Crippen LogP contribution is -2.47. The standard InChI is InChI=1S/C21H27FN4O/c22-19-7-4-16(5-8-19)12-25-13-18-6-9-20(15-25)26(14-18)21(27)3-1-2-17-10-23-24-11-17/h4-5,7-8,10-11,18,20H,1-3,6,9,12-15H2,(H,23,24)/t18-,20+/m0/s1. The van der Waals surface area contributed by atoms with Crippen LogP contribution in [-0.4, -0.2) is 51.6 Å². The monoisotopic (exact) mass is 370 g/mol. The minimum absolute atomic E-state index is 0.193. The van der Waals surface area contributed by atoms with Crippen LogP contribution in [0.1, 0.15) is 36.8 Å². The summed E-state index contributed by atoms with van der Waals surface area (Å²) < 4.78 is 13.1. The quantitative estimate of drug-likeness (QED) is 0.850. The van der Waals surface area contributed by atoms with Crippen LogP contribution in [0.15, 0.2) is 36.7 Å². The van der Waals surface area contributed by atoms with Crippen LogP contribution in [0.25, 0.3) is 0 Å². The maximum absolute atomic E-state index is 13.1. The van der Waals surface area contributed by atoms with E-state index in [0.717, 1.165) is 56.6 Å². The predicted molar refractivity (Wildman–Crippen MR) is 101 cm³/mol. The van der Waals surface area contributed by atoms with Crippen molar-refractivity contribution in [2.75, 3.05) is 19.6 Å². The van der Waals surface area contributed by atoms with Crippen LogP contribution in [0.3, 0.4) is 0 Å². The summed E-state index contributed by atoms with van der Waals surface area (Å²) in [4.78, 5) is 17.4. The van der Waals surface area contributed by atoms with Gasteiger partial charge in [-0.2, -0.15) is 5.10 Å². The van der Waals surface area contributed by atoms with Crippen molar-refractivity contribution in [3.63, 3.8) is 0 Å². The number of nitrogens with one attached hydrogen (secondary N) is 1.